The van der Waals surface area contributed by atoms with E-state index in [0.29, 0.717) is 11.1 Å². The number of esters is 2. The van der Waals surface area contributed by atoms with Crippen LogP contribution in [0.5, 0.6) is 11.5 Å². The van der Waals surface area contributed by atoms with Crippen LogP contribution in [-0.4, -0.2) is 59.5 Å². The van der Waals surface area contributed by atoms with E-state index in [1.165, 1.54) is 48.1 Å². The van der Waals surface area contributed by atoms with Crippen molar-refractivity contribution in [1.82, 2.24) is 0 Å². The van der Waals surface area contributed by atoms with Crippen molar-refractivity contribution in [3.05, 3.63) is 119 Å². The molecular formula is C32H28N2O6S2. The average molecular weight is 601 g/mol. The van der Waals surface area contributed by atoms with E-state index in [0.717, 1.165) is 9.79 Å². The molecule has 8 nitrogen and oxygen atoms in total. The summed E-state index contributed by atoms with van der Waals surface area (Å²) in [6.07, 6.45) is 2.92. The number of aliphatic imine (C=N–C) groups is 2. The van der Waals surface area contributed by atoms with Crippen LogP contribution in [0, 0.1) is 0 Å². The summed E-state index contributed by atoms with van der Waals surface area (Å²) in [5.41, 5.74) is 0.855. The van der Waals surface area contributed by atoms with Crippen molar-refractivity contribution < 1.29 is 29.3 Å². The van der Waals surface area contributed by atoms with E-state index >= 15 is 0 Å². The van der Waals surface area contributed by atoms with E-state index < -0.39 is 11.9 Å². The van der Waals surface area contributed by atoms with Crippen LogP contribution in [0.3, 0.4) is 0 Å². The zero-order valence-corrected chi connectivity index (χ0v) is 24.1. The van der Waals surface area contributed by atoms with E-state index in [9.17, 15) is 19.8 Å². The molecular weight excluding hydrogens is 572 g/mol. The lowest BCUT2D eigenvalue weighted by Gasteiger charge is -2.08. The van der Waals surface area contributed by atoms with Gasteiger partial charge in [0.15, 0.2) is 0 Å². The fourth-order valence-electron chi connectivity index (χ4n) is 3.59. The minimum absolute atomic E-state index is 0.0539. The Bertz CT molecular complexity index is 1430. The lowest BCUT2D eigenvalue weighted by Crippen LogP contribution is -2.06. The van der Waals surface area contributed by atoms with Crippen LogP contribution in [-0.2, 0) is 9.47 Å². The lowest BCUT2D eigenvalue weighted by atomic mass is 10.1. The molecule has 4 aromatic carbocycles. The van der Waals surface area contributed by atoms with Crippen molar-refractivity contribution >= 4 is 47.9 Å². The monoisotopic (exact) mass is 600 g/mol. The number of carbonyl (C=O) groups is 2. The number of nitrogens with zero attached hydrogens (tertiary/aromatic N) is 2. The Kier molecular flexibility index (Phi) is 11.6. The first-order valence-corrected chi connectivity index (χ1v) is 14.8. The first-order chi connectivity index (χ1) is 20.5. The van der Waals surface area contributed by atoms with Gasteiger partial charge in [-0.25, -0.2) is 9.59 Å². The molecule has 42 heavy (non-hydrogen) atoms. The molecule has 0 atom stereocenters. The zero-order chi connectivity index (χ0) is 29.6. The Balaban J connectivity index is 1.25. The van der Waals surface area contributed by atoms with Gasteiger partial charge in [0.2, 0.25) is 0 Å². The maximum Gasteiger partial charge on any atom is 0.342 e. The van der Waals surface area contributed by atoms with Crippen molar-refractivity contribution in [3.8, 4) is 11.5 Å². The summed E-state index contributed by atoms with van der Waals surface area (Å²) in [7, 11) is 0. The molecule has 0 aliphatic carbocycles. The SMILES string of the molecule is O=C(OCSc1ccccc1)c1cccc(C=NCCN=Cc2cccc(C(=O)OCSc3ccccc3)c2O)c1O. The van der Waals surface area contributed by atoms with Crippen LogP contribution in [0.1, 0.15) is 31.8 Å². The van der Waals surface area contributed by atoms with Gasteiger partial charge in [0, 0.05) is 33.3 Å². The van der Waals surface area contributed by atoms with Gasteiger partial charge in [-0.2, -0.15) is 0 Å². The number of carbonyl (C=O) groups excluding carboxylic acids is 2. The number of ether oxygens (including phenoxy) is 2. The molecule has 0 unspecified atom stereocenters. The normalized spacial score (nSPS) is 11.1. The molecule has 0 aliphatic rings. The molecule has 2 N–H and O–H groups in total. The molecule has 0 amide bonds. The van der Waals surface area contributed by atoms with E-state index in [4.69, 9.17) is 9.47 Å². The molecule has 10 heteroatoms. The third-order valence-corrected chi connectivity index (χ3v) is 7.39. The molecule has 0 bridgehead atoms. The molecule has 0 radical (unpaired) electrons. The molecule has 0 spiro atoms. The van der Waals surface area contributed by atoms with Crippen molar-refractivity contribution in [3.63, 3.8) is 0 Å². The first kappa shape index (κ1) is 30.4. The van der Waals surface area contributed by atoms with Gasteiger partial charge in [-0.15, -0.1) is 0 Å². The molecule has 0 saturated carbocycles. The van der Waals surface area contributed by atoms with Crippen molar-refractivity contribution in [2.45, 2.75) is 9.79 Å². The second-order valence-corrected chi connectivity index (χ2v) is 10.6. The third kappa shape index (κ3) is 8.98. The summed E-state index contributed by atoms with van der Waals surface area (Å²) in [5, 5.41) is 21.1. The maximum atomic E-state index is 12.5. The highest BCUT2D eigenvalue weighted by Crippen LogP contribution is 2.25. The van der Waals surface area contributed by atoms with E-state index in [-0.39, 0.29) is 47.6 Å². The maximum absolute atomic E-state index is 12.5. The minimum Gasteiger partial charge on any atom is -0.506 e. The number of phenols is 2. The summed E-state index contributed by atoms with van der Waals surface area (Å²) in [4.78, 5) is 35.4. The number of benzene rings is 4. The Morgan fingerprint density at radius 1 is 0.595 bits per heavy atom. The van der Waals surface area contributed by atoms with Crippen LogP contribution < -0.4 is 0 Å². The van der Waals surface area contributed by atoms with Crippen molar-refractivity contribution in [2.75, 3.05) is 25.0 Å². The standard InChI is InChI=1S/C32H28N2O6S2/c35-29-23(9-7-15-27(29)31(37)39-21-41-25-11-3-1-4-12-25)19-33-17-18-34-20-24-10-8-16-28(30(24)36)32(38)40-22-42-26-13-5-2-6-14-26/h1-16,19-20,35-36H,17-18,21-22H2. The van der Waals surface area contributed by atoms with E-state index in [1.807, 2.05) is 60.7 Å². The smallest absolute Gasteiger partial charge is 0.342 e. The highest BCUT2D eigenvalue weighted by atomic mass is 32.2. The summed E-state index contributed by atoms with van der Waals surface area (Å²) >= 11 is 2.75. The topological polar surface area (TPSA) is 118 Å². The van der Waals surface area contributed by atoms with E-state index in [1.54, 1.807) is 24.3 Å². The van der Waals surface area contributed by atoms with Gasteiger partial charge in [0.25, 0.3) is 0 Å². The van der Waals surface area contributed by atoms with Gasteiger partial charge in [-0.05, 0) is 48.5 Å². The number of aromatic hydroxyl groups is 2. The predicted octanol–water partition coefficient (Wildman–Crippen LogP) is 6.45. The first-order valence-electron chi connectivity index (χ1n) is 12.9. The van der Waals surface area contributed by atoms with Crippen LogP contribution in [0.4, 0.5) is 0 Å². The van der Waals surface area contributed by atoms with Gasteiger partial charge in [0.1, 0.15) is 34.5 Å². The molecule has 0 heterocycles. The van der Waals surface area contributed by atoms with Crippen LogP contribution in [0.2, 0.25) is 0 Å². The van der Waals surface area contributed by atoms with Crippen molar-refractivity contribution in [2.24, 2.45) is 9.98 Å². The predicted molar refractivity (Wildman–Crippen MR) is 166 cm³/mol. The van der Waals surface area contributed by atoms with Gasteiger partial charge >= 0.3 is 11.9 Å². The fourth-order valence-corrected chi connectivity index (χ4v) is 4.90. The minimum atomic E-state index is -0.628. The third-order valence-electron chi connectivity index (χ3n) is 5.71. The summed E-state index contributed by atoms with van der Waals surface area (Å²) in [6.45, 7) is 0.578. The molecule has 4 rings (SSSR count). The van der Waals surface area contributed by atoms with Gasteiger partial charge in [0.05, 0.1) is 13.1 Å². The largest absolute Gasteiger partial charge is 0.506 e. The Labute approximate surface area is 252 Å². The molecule has 0 aromatic heterocycles. The highest BCUT2D eigenvalue weighted by Gasteiger charge is 2.16. The van der Waals surface area contributed by atoms with E-state index in [2.05, 4.69) is 9.98 Å². The second-order valence-electron chi connectivity index (χ2n) is 8.57. The average Bonchev–Trinajstić information content (AvgIpc) is 3.01. The fraction of sp³-hybridized carbons (Fsp3) is 0.125. The number of phenolic OH excluding ortho intramolecular Hbond substituents is 2. The number of hydrogen-bond donors (Lipinski definition) is 2. The number of rotatable bonds is 13. The number of thioether (sulfide) groups is 2. The molecule has 4 aromatic rings. The molecule has 0 fully saturated rings. The van der Waals surface area contributed by atoms with Gasteiger partial charge < -0.3 is 19.7 Å². The van der Waals surface area contributed by atoms with Crippen LogP contribution in [0.25, 0.3) is 0 Å². The molecule has 0 saturated heterocycles. The zero-order valence-electron chi connectivity index (χ0n) is 22.5. The Hall–Kier alpha value is -4.54. The highest BCUT2D eigenvalue weighted by molar-refractivity contribution is 7.99. The number of para-hydroxylation sites is 2. The van der Waals surface area contributed by atoms with Gasteiger partial charge in [-0.3, -0.25) is 9.98 Å². The number of hydrogen-bond acceptors (Lipinski definition) is 10. The Morgan fingerprint density at radius 2 is 1.00 bits per heavy atom. The van der Waals surface area contributed by atoms with Crippen molar-refractivity contribution in [1.29, 1.82) is 0 Å². The summed E-state index contributed by atoms with van der Waals surface area (Å²) < 4.78 is 10.6. The van der Waals surface area contributed by atoms with Gasteiger partial charge in [-0.1, -0.05) is 72.1 Å². The quantitative estimate of drug-likeness (QED) is 0.0591. The molecule has 0 aliphatic heterocycles. The Morgan fingerprint density at radius 3 is 1.40 bits per heavy atom. The molecule has 214 valence electrons. The van der Waals surface area contributed by atoms with Crippen LogP contribution in [0.15, 0.2) is 117 Å². The lowest BCUT2D eigenvalue weighted by molar-refractivity contribution is 0.0566. The summed E-state index contributed by atoms with van der Waals surface area (Å²) in [5.74, 6) is -1.45. The van der Waals surface area contributed by atoms with Crippen LogP contribution >= 0.6 is 23.5 Å². The second kappa shape index (κ2) is 16.0. The summed E-state index contributed by atoms with van der Waals surface area (Å²) in [6, 6.07) is 28.6.